The summed E-state index contributed by atoms with van der Waals surface area (Å²) in [7, 11) is 2.69. The second-order valence-electron chi connectivity index (χ2n) is 7.14. The fourth-order valence-corrected chi connectivity index (χ4v) is 4.51. The van der Waals surface area contributed by atoms with Crippen LogP contribution < -0.4 is 10.1 Å². The Balaban J connectivity index is 1.56. The van der Waals surface area contributed by atoms with Gasteiger partial charge in [0.1, 0.15) is 11.9 Å². The summed E-state index contributed by atoms with van der Waals surface area (Å²) >= 11 is 0. The van der Waals surface area contributed by atoms with Gasteiger partial charge < -0.3 is 19.5 Å². The minimum Gasteiger partial charge on any atom is -0.480 e. The molecule has 2 bridgehead atoms. The molecule has 9 nitrogen and oxygen atoms in total. The molecule has 138 valence electrons. The molecule has 3 aliphatic carbocycles. The van der Waals surface area contributed by atoms with E-state index in [-0.39, 0.29) is 28.3 Å². The summed E-state index contributed by atoms with van der Waals surface area (Å²) in [4.78, 5) is 22.9. The molecule has 5 rings (SSSR count). The van der Waals surface area contributed by atoms with Crippen LogP contribution in [0.2, 0.25) is 0 Å². The number of nitrogens with zero attached hydrogens (tertiary/aromatic N) is 4. The van der Waals surface area contributed by atoms with Gasteiger partial charge in [-0.05, 0) is 19.3 Å². The van der Waals surface area contributed by atoms with E-state index in [2.05, 4.69) is 20.2 Å². The van der Waals surface area contributed by atoms with Crippen molar-refractivity contribution in [2.24, 2.45) is 0 Å². The largest absolute Gasteiger partial charge is 0.480 e. The maximum Gasteiger partial charge on any atom is 0.347 e. The molecule has 1 saturated heterocycles. The number of anilines is 1. The van der Waals surface area contributed by atoms with E-state index in [0.717, 1.165) is 45.6 Å². The van der Waals surface area contributed by atoms with E-state index in [1.165, 1.54) is 14.2 Å². The standard InChI is InChI=1S/C17H21N5O4/c1-24-14-12(15(23)25-2)13(19-11(7-18)20-14)21-16-8-17(9-16,10-16)22-3-5-26-6-4-22/h3-6,8-10H2,1-2H3,(H,19,20,21). The lowest BCUT2D eigenvalue weighted by molar-refractivity contribution is -0.172. The number of nitrogens with one attached hydrogen (secondary N) is 1. The number of hydrogen-bond acceptors (Lipinski definition) is 9. The van der Waals surface area contributed by atoms with Crippen molar-refractivity contribution < 1.29 is 19.0 Å². The van der Waals surface area contributed by atoms with Crippen LogP contribution in [-0.4, -0.2) is 72.4 Å². The third-order valence-corrected chi connectivity index (χ3v) is 5.63. The van der Waals surface area contributed by atoms with E-state index in [1.807, 2.05) is 6.07 Å². The molecule has 2 heterocycles. The maximum atomic E-state index is 12.2. The highest BCUT2D eigenvalue weighted by Crippen LogP contribution is 2.65. The van der Waals surface area contributed by atoms with Gasteiger partial charge in [0, 0.05) is 24.2 Å². The predicted molar refractivity (Wildman–Crippen MR) is 90.0 cm³/mol. The molecule has 4 fully saturated rings. The second kappa shape index (κ2) is 6.07. The van der Waals surface area contributed by atoms with Gasteiger partial charge in [0.05, 0.1) is 27.4 Å². The van der Waals surface area contributed by atoms with Crippen LogP contribution in [0.5, 0.6) is 5.88 Å². The number of hydrogen-bond donors (Lipinski definition) is 1. The van der Waals surface area contributed by atoms with E-state index in [1.54, 1.807) is 0 Å². The molecular weight excluding hydrogens is 338 g/mol. The molecule has 3 saturated carbocycles. The molecular formula is C17H21N5O4. The highest BCUT2D eigenvalue weighted by Gasteiger charge is 2.70. The summed E-state index contributed by atoms with van der Waals surface area (Å²) in [6.45, 7) is 3.49. The molecule has 0 unspecified atom stereocenters. The molecule has 0 amide bonds. The fraction of sp³-hybridized carbons (Fsp3) is 0.647. The monoisotopic (exact) mass is 359 g/mol. The van der Waals surface area contributed by atoms with Crippen molar-refractivity contribution in [1.29, 1.82) is 5.26 Å². The summed E-state index contributed by atoms with van der Waals surface area (Å²) in [5, 5.41) is 12.5. The van der Waals surface area contributed by atoms with Gasteiger partial charge in [-0.15, -0.1) is 0 Å². The topological polar surface area (TPSA) is 110 Å². The van der Waals surface area contributed by atoms with Crippen LogP contribution in [0.25, 0.3) is 0 Å². The van der Waals surface area contributed by atoms with Crippen LogP contribution in [-0.2, 0) is 9.47 Å². The highest BCUT2D eigenvalue weighted by molar-refractivity contribution is 5.97. The normalized spacial score (nSPS) is 29.7. The predicted octanol–water partition coefficient (Wildman–Crippen LogP) is 0.563. The zero-order valence-electron chi connectivity index (χ0n) is 14.9. The molecule has 9 heteroatoms. The Bertz CT molecular complexity index is 764. The van der Waals surface area contributed by atoms with E-state index >= 15 is 0 Å². The van der Waals surface area contributed by atoms with Crippen molar-refractivity contribution in [3.63, 3.8) is 0 Å². The zero-order chi connectivity index (χ0) is 18.4. The van der Waals surface area contributed by atoms with Crippen molar-refractivity contribution >= 4 is 11.8 Å². The lowest BCUT2D eigenvalue weighted by atomic mass is 9.43. The van der Waals surface area contributed by atoms with E-state index in [9.17, 15) is 4.79 Å². The molecule has 1 N–H and O–H groups in total. The summed E-state index contributed by atoms with van der Waals surface area (Å²) in [6, 6.07) is 1.90. The quantitative estimate of drug-likeness (QED) is 0.754. The number of rotatable bonds is 5. The van der Waals surface area contributed by atoms with Crippen molar-refractivity contribution in [2.45, 2.75) is 30.3 Å². The van der Waals surface area contributed by atoms with Crippen molar-refractivity contribution in [3.8, 4) is 11.9 Å². The summed E-state index contributed by atoms with van der Waals surface area (Å²) < 4.78 is 15.5. The van der Waals surface area contributed by atoms with Gasteiger partial charge in [-0.2, -0.15) is 10.2 Å². The van der Waals surface area contributed by atoms with Gasteiger partial charge >= 0.3 is 5.97 Å². The molecule has 0 aromatic carbocycles. The number of aromatic nitrogens is 2. The van der Waals surface area contributed by atoms with Crippen molar-refractivity contribution in [1.82, 2.24) is 14.9 Å². The molecule has 0 spiro atoms. The first kappa shape index (κ1) is 17.0. The first-order chi connectivity index (χ1) is 12.5. The van der Waals surface area contributed by atoms with Gasteiger partial charge in [0.25, 0.3) is 0 Å². The minimum atomic E-state index is -0.594. The van der Waals surface area contributed by atoms with Crippen LogP contribution in [0.4, 0.5) is 5.82 Å². The third kappa shape index (κ3) is 2.48. The Kier molecular flexibility index (Phi) is 3.97. The number of ether oxygens (including phenoxy) is 3. The van der Waals surface area contributed by atoms with Gasteiger partial charge in [0.2, 0.25) is 11.7 Å². The lowest BCUT2D eigenvalue weighted by Crippen LogP contribution is -2.82. The molecule has 1 aromatic rings. The van der Waals surface area contributed by atoms with Crippen LogP contribution >= 0.6 is 0 Å². The van der Waals surface area contributed by atoms with Gasteiger partial charge in [-0.25, -0.2) is 9.78 Å². The lowest BCUT2D eigenvalue weighted by Gasteiger charge is -2.74. The van der Waals surface area contributed by atoms with Crippen LogP contribution in [0, 0.1) is 11.3 Å². The summed E-state index contributed by atoms with van der Waals surface area (Å²) in [5.74, 6) is -0.300. The summed E-state index contributed by atoms with van der Waals surface area (Å²) in [6.07, 6.45) is 2.94. The zero-order valence-corrected chi connectivity index (χ0v) is 14.9. The maximum absolute atomic E-state index is 12.2. The Morgan fingerprint density at radius 1 is 1.27 bits per heavy atom. The summed E-state index contributed by atoms with van der Waals surface area (Å²) in [5.41, 5.74) is 0.254. The van der Waals surface area contributed by atoms with Crippen molar-refractivity contribution in [3.05, 3.63) is 11.4 Å². The Hall–Kier alpha value is -2.44. The Morgan fingerprint density at radius 3 is 2.54 bits per heavy atom. The molecule has 0 atom stereocenters. The Morgan fingerprint density at radius 2 is 1.96 bits per heavy atom. The van der Waals surface area contributed by atoms with Crippen LogP contribution in [0.1, 0.15) is 35.4 Å². The number of morpholine rings is 1. The first-order valence-corrected chi connectivity index (χ1v) is 8.60. The minimum absolute atomic E-state index is 0.0420. The number of nitriles is 1. The SMILES string of the molecule is COC(=O)c1c(NC23CC(N4CCOCC4)(C2)C3)nc(C#N)nc1OC. The third-order valence-electron chi connectivity index (χ3n) is 5.63. The molecule has 1 aromatic heterocycles. The molecule has 0 radical (unpaired) electrons. The van der Waals surface area contributed by atoms with E-state index in [0.29, 0.717) is 5.82 Å². The highest BCUT2D eigenvalue weighted by atomic mass is 16.5. The van der Waals surface area contributed by atoms with Crippen molar-refractivity contribution in [2.75, 3.05) is 45.8 Å². The first-order valence-electron chi connectivity index (χ1n) is 8.60. The number of esters is 1. The van der Waals surface area contributed by atoms with Gasteiger partial charge in [0.15, 0.2) is 5.56 Å². The number of carbonyl (C=O) groups excluding carboxylic acids is 1. The van der Waals surface area contributed by atoms with Gasteiger partial charge in [-0.3, -0.25) is 4.90 Å². The number of methoxy groups -OCH3 is 2. The fourth-order valence-electron chi connectivity index (χ4n) is 4.51. The molecule has 4 aliphatic rings. The van der Waals surface area contributed by atoms with E-state index in [4.69, 9.17) is 19.5 Å². The van der Waals surface area contributed by atoms with Crippen LogP contribution in [0.15, 0.2) is 0 Å². The number of carbonyl (C=O) groups is 1. The average molecular weight is 359 g/mol. The molecule has 1 aliphatic heterocycles. The van der Waals surface area contributed by atoms with Gasteiger partial charge in [-0.1, -0.05) is 0 Å². The average Bonchev–Trinajstić information content (AvgIpc) is 2.62. The van der Waals surface area contributed by atoms with Crippen LogP contribution in [0.3, 0.4) is 0 Å². The van der Waals surface area contributed by atoms with E-state index < -0.39 is 5.97 Å². The molecule has 26 heavy (non-hydrogen) atoms. The smallest absolute Gasteiger partial charge is 0.347 e. The second-order valence-corrected chi connectivity index (χ2v) is 7.14. The Labute approximate surface area is 151 Å².